The fourth-order valence-corrected chi connectivity index (χ4v) is 3.09. The van der Waals surface area contributed by atoms with Gasteiger partial charge in [0.05, 0.1) is 6.04 Å². The summed E-state index contributed by atoms with van der Waals surface area (Å²) >= 11 is 0. The Labute approximate surface area is 104 Å². The smallest absolute Gasteiger partial charge is 0.147 e. The van der Waals surface area contributed by atoms with Crippen LogP contribution in [-0.4, -0.2) is 21.3 Å². The molecule has 0 amide bonds. The third-order valence-electron chi connectivity index (χ3n) is 4.17. The highest BCUT2D eigenvalue weighted by Crippen LogP contribution is 2.38. The van der Waals surface area contributed by atoms with Gasteiger partial charge in [-0.1, -0.05) is 13.3 Å². The Balaban J connectivity index is 2.23. The highest BCUT2D eigenvalue weighted by molar-refractivity contribution is 4.94. The SMILES string of the molecule is CCC1CCC(CN)C(n2nc(C)nc2C)C1. The largest absolute Gasteiger partial charge is 0.330 e. The Morgan fingerprint density at radius 2 is 2.12 bits per heavy atom. The van der Waals surface area contributed by atoms with Gasteiger partial charge in [-0.2, -0.15) is 5.10 Å². The Morgan fingerprint density at radius 1 is 1.35 bits per heavy atom. The zero-order valence-electron chi connectivity index (χ0n) is 11.2. The number of aromatic nitrogens is 3. The van der Waals surface area contributed by atoms with Crippen LogP contribution in [-0.2, 0) is 0 Å². The number of nitrogens with two attached hydrogens (primary N) is 1. The van der Waals surface area contributed by atoms with Crippen LogP contribution in [0.4, 0.5) is 0 Å². The number of aryl methyl sites for hydroxylation is 2. The Hall–Kier alpha value is -0.900. The predicted octanol–water partition coefficient (Wildman–Crippen LogP) is 2.22. The molecule has 1 aromatic heterocycles. The molecule has 1 aliphatic rings. The van der Waals surface area contributed by atoms with Gasteiger partial charge >= 0.3 is 0 Å². The second-order valence-corrected chi connectivity index (χ2v) is 5.30. The van der Waals surface area contributed by atoms with Gasteiger partial charge in [0.25, 0.3) is 0 Å². The van der Waals surface area contributed by atoms with E-state index in [0.717, 1.165) is 24.1 Å². The minimum atomic E-state index is 0.458. The number of hydrogen-bond donors (Lipinski definition) is 1. The molecule has 1 saturated carbocycles. The van der Waals surface area contributed by atoms with E-state index in [0.29, 0.717) is 12.0 Å². The Bertz CT molecular complexity index is 371. The topological polar surface area (TPSA) is 56.7 Å². The fourth-order valence-electron chi connectivity index (χ4n) is 3.09. The molecule has 96 valence electrons. The van der Waals surface area contributed by atoms with Crippen LogP contribution in [0.5, 0.6) is 0 Å². The van der Waals surface area contributed by atoms with E-state index in [9.17, 15) is 0 Å². The highest BCUT2D eigenvalue weighted by atomic mass is 15.4. The lowest BCUT2D eigenvalue weighted by atomic mass is 9.77. The monoisotopic (exact) mass is 236 g/mol. The molecule has 1 aromatic rings. The van der Waals surface area contributed by atoms with Crippen LogP contribution in [0.2, 0.25) is 0 Å². The quantitative estimate of drug-likeness (QED) is 0.875. The van der Waals surface area contributed by atoms with Crippen LogP contribution >= 0.6 is 0 Å². The van der Waals surface area contributed by atoms with Crippen LogP contribution in [0.15, 0.2) is 0 Å². The summed E-state index contributed by atoms with van der Waals surface area (Å²) in [6.07, 6.45) is 5.03. The van der Waals surface area contributed by atoms with Crippen LogP contribution in [0.25, 0.3) is 0 Å². The van der Waals surface area contributed by atoms with Crippen molar-refractivity contribution in [3.8, 4) is 0 Å². The van der Waals surface area contributed by atoms with E-state index in [4.69, 9.17) is 5.73 Å². The minimum absolute atomic E-state index is 0.458. The third kappa shape index (κ3) is 2.51. The average molecular weight is 236 g/mol. The van der Waals surface area contributed by atoms with Gasteiger partial charge in [-0.05, 0) is 51.5 Å². The van der Waals surface area contributed by atoms with E-state index in [-0.39, 0.29) is 0 Å². The van der Waals surface area contributed by atoms with Crippen molar-refractivity contribution in [2.75, 3.05) is 6.54 Å². The maximum atomic E-state index is 5.91. The second kappa shape index (κ2) is 5.17. The number of hydrogen-bond acceptors (Lipinski definition) is 3. The molecule has 0 aliphatic heterocycles. The standard InChI is InChI=1S/C13H24N4/c1-4-11-5-6-12(8-14)13(7-11)17-10(3)15-9(2)16-17/h11-13H,4-8,14H2,1-3H3. The maximum absolute atomic E-state index is 5.91. The van der Waals surface area contributed by atoms with Crippen LogP contribution < -0.4 is 5.73 Å². The summed E-state index contributed by atoms with van der Waals surface area (Å²) in [7, 11) is 0. The lowest BCUT2D eigenvalue weighted by molar-refractivity contribution is 0.170. The molecule has 1 fully saturated rings. The first-order valence-corrected chi connectivity index (χ1v) is 6.75. The predicted molar refractivity (Wildman–Crippen MR) is 68.7 cm³/mol. The normalized spacial score (nSPS) is 29.5. The molecule has 0 aromatic carbocycles. The molecule has 0 saturated heterocycles. The summed E-state index contributed by atoms with van der Waals surface area (Å²) in [5.41, 5.74) is 5.91. The van der Waals surface area contributed by atoms with Crippen molar-refractivity contribution in [3.63, 3.8) is 0 Å². The van der Waals surface area contributed by atoms with E-state index < -0.39 is 0 Å². The van der Waals surface area contributed by atoms with Crippen molar-refractivity contribution in [2.24, 2.45) is 17.6 Å². The molecule has 3 unspecified atom stereocenters. The molecule has 2 N–H and O–H groups in total. The van der Waals surface area contributed by atoms with Crippen LogP contribution in [0, 0.1) is 25.7 Å². The van der Waals surface area contributed by atoms with Crippen LogP contribution in [0.1, 0.15) is 50.3 Å². The zero-order chi connectivity index (χ0) is 12.4. The van der Waals surface area contributed by atoms with Gasteiger partial charge in [0.1, 0.15) is 11.6 Å². The van der Waals surface area contributed by atoms with Crippen molar-refractivity contribution in [3.05, 3.63) is 11.6 Å². The first-order chi connectivity index (χ1) is 8.15. The molecule has 1 heterocycles. The lowest BCUT2D eigenvalue weighted by Gasteiger charge is -2.35. The molecule has 4 heteroatoms. The maximum Gasteiger partial charge on any atom is 0.147 e. The summed E-state index contributed by atoms with van der Waals surface area (Å²) in [5.74, 6) is 3.30. The molecule has 0 bridgehead atoms. The van der Waals surface area contributed by atoms with E-state index >= 15 is 0 Å². The summed E-state index contributed by atoms with van der Waals surface area (Å²) in [5, 5.41) is 4.55. The van der Waals surface area contributed by atoms with Gasteiger partial charge in [0.2, 0.25) is 0 Å². The molecule has 4 nitrogen and oxygen atoms in total. The Morgan fingerprint density at radius 3 is 2.65 bits per heavy atom. The zero-order valence-corrected chi connectivity index (χ0v) is 11.2. The van der Waals surface area contributed by atoms with Crippen molar-refractivity contribution >= 4 is 0 Å². The van der Waals surface area contributed by atoms with Crippen molar-refractivity contribution in [2.45, 2.75) is 52.5 Å². The average Bonchev–Trinajstić information content (AvgIpc) is 2.67. The first kappa shape index (κ1) is 12.6. The molecule has 0 spiro atoms. The summed E-state index contributed by atoms with van der Waals surface area (Å²) < 4.78 is 2.12. The lowest BCUT2D eigenvalue weighted by Crippen LogP contribution is -2.33. The molecule has 3 atom stereocenters. The highest BCUT2D eigenvalue weighted by Gasteiger charge is 2.31. The number of nitrogens with zero attached hydrogens (tertiary/aromatic N) is 3. The van der Waals surface area contributed by atoms with E-state index in [1.54, 1.807) is 0 Å². The van der Waals surface area contributed by atoms with Gasteiger partial charge in [0.15, 0.2) is 0 Å². The van der Waals surface area contributed by atoms with Gasteiger partial charge in [-0.15, -0.1) is 0 Å². The minimum Gasteiger partial charge on any atom is -0.330 e. The fraction of sp³-hybridized carbons (Fsp3) is 0.846. The van der Waals surface area contributed by atoms with E-state index in [2.05, 4.69) is 21.7 Å². The molecule has 0 radical (unpaired) electrons. The molecule has 1 aliphatic carbocycles. The van der Waals surface area contributed by atoms with Gasteiger partial charge in [-0.3, -0.25) is 0 Å². The van der Waals surface area contributed by atoms with Crippen LogP contribution in [0.3, 0.4) is 0 Å². The van der Waals surface area contributed by atoms with E-state index in [1.807, 2.05) is 13.8 Å². The summed E-state index contributed by atoms with van der Waals surface area (Å²) in [6, 6.07) is 0.458. The van der Waals surface area contributed by atoms with Gasteiger partial charge in [0, 0.05) is 0 Å². The van der Waals surface area contributed by atoms with Crippen molar-refractivity contribution in [1.29, 1.82) is 0 Å². The van der Waals surface area contributed by atoms with Crippen molar-refractivity contribution < 1.29 is 0 Å². The molecule has 2 rings (SSSR count). The van der Waals surface area contributed by atoms with E-state index in [1.165, 1.54) is 25.7 Å². The molecule has 17 heavy (non-hydrogen) atoms. The van der Waals surface area contributed by atoms with Gasteiger partial charge in [-0.25, -0.2) is 9.67 Å². The van der Waals surface area contributed by atoms with Gasteiger partial charge < -0.3 is 5.73 Å². The van der Waals surface area contributed by atoms with Crippen molar-refractivity contribution in [1.82, 2.24) is 14.8 Å². The third-order valence-corrected chi connectivity index (χ3v) is 4.17. The second-order valence-electron chi connectivity index (χ2n) is 5.30. The summed E-state index contributed by atoms with van der Waals surface area (Å²) in [4.78, 5) is 4.42. The molecular formula is C13H24N4. The first-order valence-electron chi connectivity index (χ1n) is 6.75. The number of rotatable bonds is 3. The summed E-state index contributed by atoms with van der Waals surface area (Å²) in [6.45, 7) is 7.05. The Kier molecular flexibility index (Phi) is 3.82. The molecular weight excluding hydrogens is 212 g/mol.